The average molecular weight is 339 g/mol. The Balaban J connectivity index is 2.10. The summed E-state index contributed by atoms with van der Waals surface area (Å²) in [7, 11) is 0. The van der Waals surface area contributed by atoms with Crippen molar-refractivity contribution in [3.63, 3.8) is 0 Å². The van der Waals surface area contributed by atoms with Gasteiger partial charge in [0.15, 0.2) is 0 Å². The quantitative estimate of drug-likeness (QED) is 0.786. The zero-order valence-corrected chi connectivity index (χ0v) is 15.7. The van der Waals surface area contributed by atoms with Gasteiger partial charge in [0.2, 0.25) is 0 Å². The van der Waals surface area contributed by atoms with E-state index in [1.54, 1.807) is 0 Å². The van der Waals surface area contributed by atoms with Gasteiger partial charge < -0.3 is 4.90 Å². The van der Waals surface area contributed by atoms with Crippen molar-refractivity contribution in [3.05, 3.63) is 46.8 Å². The minimum atomic E-state index is 0.183. The van der Waals surface area contributed by atoms with Crippen molar-refractivity contribution in [1.29, 1.82) is 0 Å². The molecule has 1 amide bonds. The molecule has 0 N–H and O–H groups in total. The topological polar surface area (TPSA) is 38.1 Å². The molecule has 4 nitrogen and oxygen atoms in total. The Bertz CT molecular complexity index is 724. The van der Waals surface area contributed by atoms with Crippen molar-refractivity contribution in [2.45, 2.75) is 59.3 Å². The van der Waals surface area contributed by atoms with Crippen LogP contribution in [0.1, 0.15) is 66.8 Å². The highest BCUT2D eigenvalue weighted by atomic mass is 16.2. The first-order chi connectivity index (χ1) is 12.2. The Morgan fingerprint density at radius 3 is 2.28 bits per heavy atom. The fourth-order valence-electron chi connectivity index (χ4n) is 3.61. The van der Waals surface area contributed by atoms with Crippen LogP contribution in [0.3, 0.4) is 0 Å². The SMILES string of the molecule is CCCc1nn(-c2ccc(C)cc2)c(CCC)c1C(=O)N1CCCC1. The number of carbonyl (C=O) groups is 1. The molecule has 1 aliphatic rings. The second kappa shape index (κ2) is 7.85. The molecule has 134 valence electrons. The molecule has 25 heavy (non-hydrogen) atoms. The van der Waals surface area contributed by atoms with E-state index >= 15 is 0 Å². The number of nitrogens with zero attached hydrogens (tertiary/aromatic N) is 3. The number of rotatable bonds is 6. The van der Waals surface area contributed by atoms with E-state index in [4.69, 9.17) is 5.10 Å². The molecular weight excluding hydrogens is 310 g/mol. The van der Waals surface area contributed by atoms with Crippen LogP contribution >= 0.6 is 0 Å². The predicted molar refractivity (Wildman–Crippen MR) is 101 cm³/mol. The Hall–Kier alpha value is -2.10. The third-order valence-corrected chi connectivity index (χ3v) is 4.91. The summed E-state index contributed by atoms with van der Waals surface area (Å²) in [6.07, 6.45) is 5.96. The van der Waals surface area contributed by atoms with Crippen molar-refractivity contribution >= 4 is 5.91 Å². The fourth-order valence-corrected chi connectivity index (χ4v) is 3.61. The van der Waals surface area contributed by atoms with Crippen molar-refractivity contribution in [1.82, 2.24) is 14.7 Å². The second-order valence-electron chi connectivity index (χ2n) is 7.02. The standard InChI is InChI=1S/C21H29N3O/c1-4-8-18-20(21(25)23-14-6-7-15-23)19(9-5-2)24(22-18)17-12-10-16(3)11-13-17/h10-13H,4-9,14-15H2,1-3H3. The van der Waals surface area contributed by atoms with Crippen LogP contribution in [-0.2, 0) is 12.8 Å². The summed E-state index contributed by atoms with van der Waals surface area (Å²) in [5.74, 6) is 0.183. The fraction of sp³-hybridized carbons (Fsp3) is 0.524. The number of likely N-dealkylation sites (tertiary alicyclic amines) is 1. The van der Waals surface area contributed by atoms with Crippen molar-refractivity contribution in [2.75, 3.05) is 13.1 Å². The van der Waals surface area contributed by atoms with Crippen LogP contribution < -0.4 is 0 Å². The zero-order chi connectivity index (χ0) is 17.8. The summed E-state index contributed by atoms with van der Waals surface area (Å²) in [6, 6.07) is 8.41. The van der Waals surface area contributed by atoms with E-state index in [-0.39, 0.29) is 5.91 Å². The number of benzene rings is 1. The van der Waals surface area contributed by atoms with Crippen molar-refractivity contribution in [3.8, 4) is 5.69 Å². The molecule has 0 unspecified atom stereocenters. The van der Waals surface area contributed by atoms with Gasteiger partial charge in [0.1, 0.15) is 0 Å². The highest BCUT2D eigenvalue weighted by molar-refractivity contribution is 5.97. The molecule has 1 aliphatic heterocycles. The number of carbonyl (C=O) groups excluding carboxylic acids is 1. The first kappa shape index (κ1) is 17.7. The van der Waals surface area contributed by atoms with Crippen LogP contribution in [0.2, 0.25) is 0 Å². The average Bonchev–Trinajstić information content (AvgIpc) is 3.25. The Morgan fingerprint density at radius 2 is 1.68 bits per heavy atom. The molecule has 2 heterocycles. The maximum atomic E-state index is 13.2. The number of hydrogen-bond acceptors (Lipinski definition) is 2. The highest BCUT2D eigenvalue weighted by Crippen LogP contribution is 2.25. The summed E-state index contributed by atoms with van der Waals surface area (Å²) in [5.41, 5.74) is 5.18. The van der Waals surface area contributed by atoms with Gasteiger partial charge in [-0.3, -0.25) is 4.79 Å². The number of aryl methyl sites for hydroxylation is 2. The molecule has 0 saturated carbocycles. The molecule has 0 spiro atoms. The van der Waals surface area contributed by atoms with Gasteiger partial charge in [-0.2, -0.15) is 5.10 Å². The first-order valence-corrected chi connectivity index (χ1v) is 9.62. The van der Waals surface area contributed by atoms with Crippen molar-refractivity contribution < 1.29 is 4.79 Å². The van der Waals surface area contributed by atoms with Crippen LogP contribution in [0.5, 0.6) is 0 Å². The van der Waals surface area contributed by atoms with Gasteiger partial charge in [0, 0.05) is 13.1 Å². The van der Waals surface area contributed by atoms with Crippen LogP contribution in [0.4, 0.5) is 0 Å². The van der Waals surface area contributed by atoms with Gasteiger partial charge in [-0.05, 0) is 44.7 Å². The molecular formula is C21H29N3O. The number of hydrogen-bond donors (Lipinski definition) is 0. The third-order valence-electron chi connectivity index (χ3n) is 4.91. The summed E-state index contributed by atoms with van der Waals surface area (Å²) in [4.78, 5) is 15.2. The van der Waals surface area contributed by atoms with Crippen LogP contribution in [0, 0.1) is 6.92 Å². The third kappa shape index (κ3) is 3.63. The van der Waals surface area contributed by atoms with Crippen LogP contribution in [0.15, 0.2) is 24.3 Å². The molecule has 2 aromatic rings. The van der Waals surface area contributed by atoms with Gasteiger partial charge in [-0.15, -0.1) is 0 Å². The molecule has 1 aromatic heterocycles. The normalized spacial score (nSPS) is 14.3. The lowest BCUT2D eigenvalue weighted by Gasteiger charge is -2.17. The lowest BCUT2D eigenvalue weighted by atomic mass is 10.0. The van der Waals surface area contributed by atoms with E-state index < -0.39 is 0 Å². The van der Waals surface area contributed by atoms with E-state index in [1.165, 1.54) is 5.56 Å². The lowest BCUT2D eigenvalue weighted by molar-refractivity contribution is 0.0790. The van der Waals surface area contributed by atoms with Gasteiger partial charge in [-0.25, -0.2) is 4.68 Å². The Kier molecular flexibility index (Phi) is 5.57. The van der Waals surface area contributed by atoms with Crippen LogP contribution in [-0.4, -0.2) is 33.7 Å². The summed E-state index contributed by atoms with van der Waals surface area (Å²) in [6.45, 7) is 8.16. The minimum absolute atomic E-state index is 0.183. The van der Waals surface area contributed by atoms with Crippen LogP contribution in [0.25, 0.3) is 5.69 Å². The number of amides is 1. The monoisotopic (exact) mass is 339 g/mol. The van der Waals surface area contributed by atoms with Gasteiger partial charge in [0.25, 0.3) is 5.91 Å². The molecule has 0 bridgehead atoms. The van der Waals surface area contributed by atoms with E-state index in [9.17, 15) is 4.79 Å². The molecule has 0 atom stereocenters. The summed E-state index contributed by atoms with van der Waals surface area (Å²) >= 11 is 0. The molecule has 3 rings (SSSR count). The summed E-state index contributed by atoms with van der Waals surface area (Å²) in [5, 5.41) is 4.88. The molecule has 0 aliphatic carbocycles. The smallest absolute Gasteiger partial charge is 0.257 e. The second-order valence-corrected chi connectivity index (χ2v) is 7.02. The maximum absolute atomic E-state index is 13.2. The molecule has 1 saturated heterocycles. The van der Waals surface area contributed by atoms with Gasteiger partial charge in [0.05, 0.1) is 22.6 Å². The predicted octanol–water partition coefficient (Wildman–Crippen LogP) is 4.32. The summed E-state index contributed by atoms with van der Waals surface area (Å²) < 4.78 is 2.01. The van der Waals surface area contributed by atoms with Gasteiger partial charge >= 0.3 is 0 Å². The highest BCUT2D eigenvalue weighted by Gasteiger charge is 2.28. The Labute approximate surface area is 150 Å². The maximum Gasteiger partial charge on any atom is 0.257 e. The Morgan fingerprint density at radius 1 is 1.04 bits per heavy atom. The van der Waals surface area contributed by atoms with Gasteiger partial charge in [-0.1, -0.05) is 44.4 Å². The molecule has 4 heteroatoms. The molecule has 1 aromatic carbocycles. The number of aromatic nitrogens is 2. The molecule has 1 fully saturated rings. The zero-order valence-electron chi connectivity index (χ0n) is 15.7. The lowest BCUT2D eigenvalue weighted by Crippen LogP contribution is -2.29. The van der Waals surface area contributed by atoms with Crippen molar-refractivity contribution in [2.24, 2.45) is 0 Å². The van der Waals surface area contributed by atoms with E-state index in [0.717, 1.165) is 74.3 Å². The largest absolute Gasteiger partial charge is 0.339 e. The van der Waals surface area contributed by atoms with E-state index in [0.29, 0.717) is 0 Å². The molecule has 0 radical (unpaired) electrons. The minimum Gasteiger partial charge on any atom is -0.339 e. The first-order valence-electron chi connectivity index (χ1n) is 9.62. The van der Waals surface area contributed by atoms with E-state index in [2.05, 4.69) is 45.0 Å². The van der Waals surface area contributed by atoms with E-state index in [1.807, 2.05) is 9.58 Å².